The van der Waals surface area contributed by atoms with E-state index >= 15 is 0 Å². The van der Waals surface area contributed by atoms with E-state index in [-0.39, 0.29) is 12.5 Å². The summed E-state index contributed by atoms with van der Waals surface area (Å²) in [5, 5.41) is 17.7. The molecule has 0 atom stereocenters. The van der Waals surface area contributed by atoms with Crippen LogP contribution in [0.25, 0.3) is 0 Å². The number of carbonyl (C=O) groups is 1. The van der Waals surface area contributed by atoms with Gasteiger partial charge in [-0.1, -0.05) is 0 Å². The molecule has 21 heavy (non-hydrogen) atoms. The van der Waals surface area contributed by atoms with E-state index < -0.39 is 5.97 Å². The molecule has 0 bridgehead atoms. The number of hydrogen-bond donors (Lipinski definition) is 1. The Morgan fingerprint density at radius 2 is 2.19 bits per heavy atom. The number of methoxy groups -OCH3 is 1. The molecule has 0 unspecified atom stereocenters. The largest absolute Gasteiger partial charge is 0.496 e. The Labute approximate surface area is 125 Å². The van der Waals surface area contributed by atoms with Gasteiger partial charge in [0.15, 0.2) is 0 Å². The number of ether oxygens (including phenoxy) is 1. The first-order valence-corrected chi connectivity index (χ1v) is 7.00. The molecule has 114 valence electrons. The summed E-state index contributed by atoms with van der Waals surface area (Å²) >= 11 is 0. The number of aliphatic carboxylic acids is 1. The Morgan fingerprint density at radius 3 is 2.71 bits per heavy atom. The van der Waals surface area contributed by atoms with Crippen LogP contribution in [0.2, 0.25) is 0 Å². The van der Waals surface area contributed by atoms with Crippen molar-refractivity contribution in [3.63, 3.8) is 0 Å². The van der Waals surface area contributed by atoms with E-state index in [1.807, 2.05) is 6.07 Å². The molecule has 1 rings (SSSR count). The van der Waals surface area contributed by atoms with E-state index in [9.17, 15) is 4.79 Å². The third-order valence-electron chi connectivity index (χ3n) is 3.35. The highest BCUT2D eigenvalue weighted by atomic mass is 16.5. The Morgan fingerprint density at radius 1 is 1.48 bits per heavy atom. The van der Waals surface area contributed by atoms with Gasteiger partial charge in [0.25, 0.3) is 0 Å². The number of benzene rings is 1. The lowest BCUT2D eigenvalue weighted by molar-refractivity contribution is -0.137. The van der Waals surface area contributed by atoms with Gasteiger partial charge in [-0.25, -0.2) is 0 Å². The third-order valence-corrected chi connectivity index (χ3v) is 3.35. The van der Waals surface area contributed by atoms with Crippen LogP contribution >= 0.6 is 0 Å². The van der Waals surface area contributed by atoms with Crippen LogP contribution in [0.1, 0.15) is 37.8 Å². The Bertz CT molecular complexity index is 521. The second kappa shape index (κ2) is 8.28. The lowest BCUT2D eigenvalue weighted by Crippen LogP contribution is -2.31. The van der Waals surface area contributed by atoms with Crippen molar-refractivity contribution in [1.29, 1.82) is 5.26 Å². The highest BCUT2D eigenvalue weighted by molar-refractivity contribution is 5.66. The van der Waals surface area contributed by atoms with Gasteiger partial charge < -0.3 is 9.84 Å². The molecule has 1 N–H and O–H groups in total. The van der Waals surface area contributed by atoms with Crippen LogP contribution < -0.4 is 4.74 Å². The van der Waals surface area contributed by atoms with Crippen molar-refractivity contribution < 1.29 is 14.6 Å². The van der Waals surface area contributed by atoms with Crippen LogP contribution in [0.5, 0.6) is 5.75 Å². The maximum absolute atomic E-state index is 10.6. The molecule has 5 heteroatoms. The topological polar surface area (TPSA) is 73.6 Å². The van der Waals surface area contributed by atoms with Crippen molar-refractivity contribution in [2.24, 2.45) is 0 Å². The first-order valence-electron chi connectivity index (χ1n) is 7.00. The van der Waals surface area contributed by atoms with Gasteiger partial charge in [-0.15, -0.1) is 0 Å². The minimum absolute atomic E-state index is 0.165. The number of hydrogen-bond acceptors (Lipinski definition) is 4. The minimum atomic E-state index is -0.775. The van der Waals surface area contributed by atoms with Crippen LogP contribution in [-0.4, -0.2) is 35.7 Å². The van der Waals surface area contributed by atoms with Crippen LogP contribution in [0.15, 0.2) is 18.2 Å². The zero-order valence-corrected chi connectivity index (χ0v) is 12.8. The summed E-state index contributed by atoms with van der Waals surface area (Å²) in [6.07, 6.45) is 0.770. The van der Waals surface area contributed by atoms with Crippen LogP contribution in [-0.2, 0) is 11.3 Å². The van der Waals surface area contributed by atoms with Crippen molar-refractivity contribution in [3.8, 4) is 11.8 Å². The van der Waals surface area contributed by atoms with E-state index in [1.165, 1.54) is 0 Å². The quantitative estimate of drug-likeness (QED) is 0.796. The molecule has 0 aliphatic rings. The average molecular weight is 290 g/mol. The summed E-state index contributed by atoms with van der Waals surface area (Å²) < 4.78 is 5.34. The van der Waals surface area contributed by atoms with E-state index in [1.54, 1.807) is 19.2 Å². The molecule has 1 aromatic rings. The molecule has 0 fully saturated rings. The standard InChI is InChI=1S/C16H22N2O3/c1-12(2)18(8-4-5-16(19)20)11-14-9-13(10-17)6-7-15(14)21-3/h6-7,9,12H,4-5,8,11H2,1-3H3,(H,19,20). The molecule has 1 aromatic carbocycles. The molecule has 0 amide bonds. The summed E-state index contributed by atoms with van der Waals surface area (Å²) in [6, 6.07) is 7.76. The summed E-state index contributed by atoms with van der Waals surface area (Å²) in [4.78, 5) is 12.8. The molecule has 0 heterocycles. The SMILES string of the molecule is COc1ccc(C#N)cc1CN(CCCC(=O)O)C(C)C. The molecule has 0 radical (unpaired) electrons. The van der Waals surface area contributed by atoms with Crippen LogP contribution in [0.3, 0.4) is 0 Å². The lowest BCUT2D eigenvalue weighted by atomic mass is 10.1. The molecule has 0 spiro atoms. The molecule has 5 nitrogen and oxygen atoms in total. The van der Waals surface area contributed by atoms with Gasteiger partial charge in [0.05, 0.1) is 18.7 Å². The van der Waals surface area contributed by atoms with Gasteiger partial charge >= 0.3 is 5.97 Å². The van der Waals surface area contributed by atoms with Gasteiger partial charge in [-0.3, -0.25) is 9.69 Å². The van der Waals surface area contributed by atoms with E-state index in [2.05, 4.69) is 24.8 Å². The molecular weight excluding hydrogens is 268 g/mol. The number of nitrogens with zero attached hydrogens (tertiary/aromatic N) is 2. The summed E-state index contributed by atoms with van der Waals surface area (Å²) in [5.74, 6) is -0.0272. The Balaban J connectivity index is 2.83. The van der Waals surface area contributed by atoms with Gasteiger partial charge in [0.1, 0.15) is 5.75 Å². The zero-order chi connectivity index (χ0) is 15.8. The maximum atomic E-state index is 10.6. The first-order chi connectivity index (χ1) is 9.97. The smallest absolute Gasteiger partial charge is 0.303 e. The predicted molar refractivity (Wildman–Crippen MR) is 80.1 cm³/mol. The molecule has 0 aliphatic heterocycles. The van der Waals surface area contributed by atoms with E-state index in [4.69, 9.17) is 15.1 Å². The third kappa shape index (κ3) is 5.44. The second-order valence-corrected chi connectivity index (χ2v) is 5.20. The highest BCUT2D eigenvalue weighted by Crippen LogP contribution is 2.22. The number of carboxylic acids is 1. The van der Waals surface area contributed by atoms with Crippen molar-refractivity contribution in [2.75, 3.05) is 13.7 Å². The minimum Gasteiger partial charge on any atom is -0.496 e. The number of nitriles is 1. The Kier molecular flexibility index (Phi) is 6.70. The summed E-state index contributed by atoms with van der Waals surface area (Å²) in [5.41, 5.74) is 1.54. The van der Waals surface area contributed by atoms with Crippen LogP contribution in [0, 0.1) is 11.3 Å². The van der Waals surface area contributed by atoms with Gasteiger partial charge in [0.2, 0.25) is 0 Å². The molecular formula is C16H22N2O3. The zero-order valence-electron chi connectivity index (χ0n) is 12.8. The van der Waals surface area contributed by atoms with E-state index in [0.717, 1.165) is 11.3 Å². The average Bonchev–Trinajstić information content (AvgIpc) is 2.45. The fourth-order valence-electron chi connectivity index (χ4n) is 2.14. The highest BCUT2D eigenvalue weighted by Gasteiger charge is 2.14. The molecule has 0 saturated heterocycles. The van der Waals surface area contributed by atoms with Crippen LogP contribution in [0.4, 0.5) is 0 Å². The maximum Gasteiger partial charge on any atom is 0.303 e. The normalized spacial score (nSPS) is 10.7. The van der Waals surface area contributed by atoms with Crippen molar-refractivity contribution in [3.05, 3.63) is 29.3 Å². The fourth-order valence-corrected chi connectivity index (χ4v) is 2.14. The first kappa shape index (κ1) is 17.0. The monoisotopic (exact) mass is 290 g/mol. The van der Waals surface area contributed by atoms with Crippen molar-refractivity contribution >= 4 is 5.97 Å². The summed E-state index contributed by atoms with van der Waals surface area (Å²) in [6.45, 7) is 5.47. The number of rotatable bonds is 8. The number of carboxylic acid groups (broad SMARTS) is 1. The molecule has 0 aliphatic carbocycles. The molecule has 0 aromatic heterocycles. The van der Waals surface area contributed by atoms with Gasteiger partial charge in [-0.2, -0.15) is 5.26 Å². The van der Waals surface area contributed by atoms with Crippen molar-refractivity contribution in [2.45, 2.75) is 39.3 Å². The molecule has 0 saturated carbocycles. The predicted octanol–water partition coefficient (Wildman–Crippen LogP) is 2.64. The fraction of sp³-hybridized carbons (Fsp3) is 0.500. The lowest BCUT2D eigenvalue weighted by Gasteiger charge is -2.27. The van der Waals surface area contributed by atoms with Gasteiger partial charge in [0, 0.05) is 24.6 Å². The summed E-state index contributed by atoms with van der Waals surface area (Å²) in [7, 11) is 1.61. The second-order valence-electron chi connectivity index (χ2n) is 5.20. The Hall–Kier alpha value is -2.06. The van der Waals surface area contributed by atoms with Gasteiger partial charge in [-0.05, 0) is 45.0 Å². The van der Waals surface area contributed by atoms with E-state index in [0.29, 0.717) is 25.1 Å². The van der Waals surface area contributed by atoms with Crippen molar-refractivity contribution in [1.82, 2.24) is 4.90 Å².